The maximum atomic E-state index is 13.6. The first kappa shape index (κ1) is 29.8. The number of para-hydroxylation sites is 1. The molecule has 1 amide bonds. The van der Waals surface area contributed by atoms with Gasteiger partial charge in [0.1, 0.15) is 0 Å². The molecule has 0 unspecified atom stereocenters. The molecule has 1 aliphatic carbocycles. The van der Waals surface area contributed by atoms with Gasteiger partial charge in [0.05, 0.1) is 16.3 Å². The lowest BCUT2D eigenvalue weighted by atomic mass is 9.93. The van der Waals surface area contributed by atoms with Crippen LogP contribution in [-0.4, -0.2) is 57.5 Å². The predicted molar refractivity (Wildman–Crippen MR) is 171 cm³/mol. The zero-order valence-corrected chi connectivity index (χ0v) is 26.1. The molecule has 4 aromatic rings. The van der Waals surface area contributed by atoms with Gasteiger partial charge in [-0.3, -0.25) is 9.48 Å². The Morgan fingerprint density at radius 2 is 1.70 bits per heavy atom. The van der Waals surface area contributed by atoms with E-state index in [-0.39, 0.29) is 16.8 Å². The number of nitrogens with one attached hydrogen (secondary N) is 2. The van der Waals surface area contributed by atoms with E-state index in [1.165, 1.54) is 4.31 Å². The van der Waals surface area contributed by atoms with Gasteiger partial charge in [-0.05, 0) is 79.5 Å². The van der Waals surface area contributed by atoms with Crippen LogP contribution in [0.25, 0.3) is 11.4 Å². The Labute approximate surface area is 258 Å². The summed E-state index contributed by atoms with van der Waals surface area (Å²) in [6, 6.07) is 12.4. The van der Waals surface area contributed by atoms with Crippen molar-refractivity contribution < 1.29 is 13.2 Å². The molecule has 2 aliphatic rings. The van der Waals surface area contributed by atoms with Crippen LogP contribution in [0.3, 0.4) is 0 Å². The molecule has 2 aromatic heterocycles. The summed E-state index contributed by atoms with van der Waals surface area (Å²) < 4.78 is 29.4. The minimum Gasteiger partial charge on any atom is -0.399 e. The first-order valence-electron chi connectivity index (χ1n) is 15.2. The van der Waals surface area contributed by atoms with Gasteiger partial charge in [-0.2, -0.15) is 9.40 Å². The zero-order chi connectivity index (χ0) is 31.0. The smallest absolute Gasteiger partial charge is 0.276 e. The lowest BCUT2D eigenvalue weighted by Gasteiger charge is -2.31. The second kappa shape index (κ2) is 12.0. The van der Waals surface area contributed by atoms with Gasteiger partial charge in [-0.25, -0.2) is 18.4 Å². The SMILES string of the molecule is CCc1cccc(CC)c1NC(=O)c1nn(C)c2c1CCc1cnc(NC3CCN(S(=O)(=O)c4ccc(N)cc4)CC3)nc1-2. The number of piperidine rings is 1. The molecule has 6 rings (SSSR count). The molecule has 1 fully saturated rings. The number of nitrogens with two attached hydrogens (primary N) is 1. The Hall–Kier alpha value is -4.29. The summed E-state index contributed by atoms with van der Waals surface area (Å²) in [4.78, 5) is 23.3. The number of amides is 1. The van der Waals surface area contributed by atoms with Crippen molar-refractivity contribution in [3.63, 3.8) is 0 Å². The summed E-state index contributed by atoms with van der Waals surface area (Å²) in [6.07, 6.45) is 6.10. The number of carbonyl (C=O) groups excluding carboxylic acids is 1. The second-order valence-electron chi connectivity index (χ2n) is 11.4. The van der Waals surface area contributed by atoms with Crippen molar-refractivity contribution >= 4 is 33.3 Å². The van der Waals surface area contributed by atoms with E-state index in [0.29, 0.717) is 56.1 Å². The number of rotatable bonds is 8. The summed E-state index contributed by atoms with van der Waals surface area (Å²) in [5.41, 5.74) is 13.2. The molecule has 11 nitrogen and oxygen atoms in total. The van der Waals surface area contributed by atoms with Crippen molar-refractivity contribution in [3.05, 3.63) is 76.6 Å². The van der Waals surface area contributed by atoms with Crippen LogP contribution in [0.2, 0.25) is 0 Å². The van der Waals surface area contributed by atoms with Crippen molar-refractivity contribution in [1.82, 2.24) is 24.1 Å². The van der Waals surface area contributed by atoms with E-state index < -0.39 is 10.0 Å². The monoisotopic (exact) mass is 614 g/mol. The third kappa shape index (κ3) is 5.55. The fourth-order valence-electron chi connectivity index (χ4n) is 6.20. The number of anilines is 3. The van der Waals surface area contributed by atoms with Crippen molar-refractivity contribution in [3.8, 4) is 11.4 Å². The molecule has 0 saturated carbocycles. The molecule has 44 heavy (non-hydrogen) atoms. The Balaban J connectivity index is 1.18. The van der Waals surface area contributed by atoms with Gasteiger partial charge in [-0.15, -0.1) is 0 Å². The molecule has 12 heteroatoms. The standard InChI is InChI=1S/C32H38N8O3S/c1-4-20-7-6-8-21(5-2)27(20)36-31(41)29-26-14-9-22-19-34-32(37-28(22)30(26)39(3)38-29)35-24-15-17-40(18-16-24)44(42,43)25-12-10-23(33)11-13-25/h6-8,10-13,19,24H,4-5,9,14-18,33H2,1-3H3,(H,36,41)(H,34,35,37). The molecule has 2 aromatic carbocycles. The number of hydrogen-bond acceptors (Lipinski definition) is 8. The molecule has 3 heterocycles. The molecule has 4 N–H and O–H groups in total. The van der Waals surface area contributed by atoms with E-state index in [4.69, 9.17) is 10.7 Å². The van der Waals surface area contributed by atoms with Gasteiger partial charge < -0.3 is 16.4 Å². The highest BCUT2D eigenvalue weighted by Gasteiger charge is 2.32. The lowest BCUT2D eigenvalue weighted by Crippen LogP contribution is -2.42. The highest BCUT2D eigenvalue weighted by Crippen LogP contribution is 2.35. The molecule has 0 radical (unpaired) electrons. The third-order valence-electron chi connectivity index (χ3n) is 8.64. The molecular formula is C32H38N8O3S. The maximum absolute atomic E-state index is 13.6. The zero-order valence-electron chi connectivity index (χ0n) is 25.3. The van der Waals surface area contributed by atoms with Crippen molar-refractivity contribution in [2.45, 2.75) is 63.3 Å². The second-order valence-corrected chi connectivity index (χ2v) is 13.3. The van der Waals surface area contributed by atoms with E-state index in [0.717, 1.165) is 52.2 Å². The van der Waals surface area contributed by atoms with Gasteiger partial charge in [0.2, 0.25) is 16.0 Å². The Morgan fingerprint density at radius 3 is 2.36 bits per heavy atom. The van der Waals surface area contributed by atoms with Crippen LogP contribution >= 0.6 is 0 Å². The Bertz CT molecular complexity index is 1790. The summed E-state index contributed by atoms with van der Waals surface area (Å²) in [5.74, 6) is 0.266. The first-order valence-corrected chi connectivity index (χ1v) is 16.6. The molecule has 0 atom stereocenters. The minimum atomic E-state index is -3.58. The topological polar surface area (TPSA) is 148 Å². The van der Waals surface area contributed by atoms with Gasteiger partial charge >= 0.3 is 0 Å². The van der Waals surface area contributed by atoms with Crippen molar-refractivity contribution in [2.75, 3.05) is 29.5 Å². The van der Waals surface area contributed by atoms with E-state index in [1.54, 1.807) is 28.9 Å². The number of sulfonamides is 1. The number of hydrogen-bond donors (Lipinski definition) is 3. The normalized spacial score (nSPS) is 15.4. The maximum Gasteiger partial charge on any atom is 0.276 e. The van der Waals surface area contributed by atoms with Crippen LogP contribution in [-0.2, 0) is 42.8 Å². The molecule has 0 spiro atoms. The Kier molecular flexibility index (Phi) is 8.12. The Morgan fingerprint density at radius 1 is 1.02 bits per heavy atom. The average molecular weight is 615 g/mol. The molecule has 1 aliphatic heterocycles. The van der Waals surface area contributed by atoms with Crippen LogP contribution in [0, 0.1) is 0 Å². The van der Waals surface area contributed by atoms with Crippen molar-refractivity contribution in [1.29, 1.82) is 0 Å². The summed E-state index contributed by atoms with van der Waals surface area (Å²) in [6.45, 7) is 4.95. The van der Waals surface area contributed by atoms with Crippen molar-refractivity contribution in [2.24, 2.45) is 7.05 Å². The number of nitrogen functional groups attached to an aromatic ring is 1. The summed E-state index contributed by atoms with van der Waals surface area (Å²) >= 11 is 0. The van der Waals surface area contributed by atoms with Gasteiger partial charge in [0.15, 0.2) is 5.69 Å². The quantitative estimate of drug-likeness (QED) is 0.250. The molecular weight excluding hydrogens is 576 g/mol. The van der Waals surface area contributed by atoms with Crippen LogP contribution < -0.4 is 16.4 Å². The van der Waals surface area contributed by atoms with Gasteiger partial charge in [0.25, 0.3) is 5.91 Å². The highest BCUT2D eigenvalue weighted by atomic mass is 32.2. The van der Waals surface area contributed by atoms with Crippen LogP contribution in [0.15, 0.2) is 53.6 Å². The molecule has 0 bridgehead atoms. The fourth-order valence-corrected chi connectivity index (χ4v) is 7.66. The van der Waals surface area contributed by atoms with E-state index in [2.05, 4.69) is 34.6 Å². The number of benzene rings is 2. The number of carbonyl (C=O) groups is 1. The lowest BCUT2D eigenvalue weighted by molar-refractivity contribution is 0.102. The van der Waals surface area contributed by atoms with E-state index in [1.807, 2.05) is 31.4 Å². The highest BCUT2D eigenvalue weighted by molar-refractivity contribution is 7.89. The molecule has 1 saturated heterocycles. The van der Waals surface area contributed by atoms with Crippen LogP contribution in [0.5, 0.6) is 0 Å². The predicted octanol–water partition coefficient (Wildman–Crippen LogP) is 4.20. The third-order valence-corrected chi connectivity index (χ3v) is 10.5. The number of aryl methyl sites for hydroxylation is 4. The summed E-state index contributed by atoms with van der Waals surface area (Å²) in [7, 11) is -1.74. The number of aromatic nitrogens is 4. The fraction of sp³-hybridized carbons (Fsp3) is 0.375. The van der Waals surface area contributed by atoms with Crippen LogP contribution in [0.4, 0.5) is 17.3 Å². The summed E-state index contributed by atoms with van der Waals surface area (Å²) in [5, 5.41) is 11.2. The minimum absolute atomic E-state index is 0.0215. The van der Waals surface area contributed by atoms with E-state index in [9.17, 15) is 13.2 Å². The number of nitrogens with zero attached hydrogens (tertiary/aromatic N) is 5. The molecule has 230 valence electrons. The average Bonchev–Trinajstić information content (AvgIpc) is 3.38. The van der Waals surface area contributed by atoms with Gasteiger partial charge in [0, 0.05) is 49.3 Å². The first-order chi connectivity index (χ1) is 21.2. The number of fused-ring (bicyclic) bond motifs is 3. The van der Waals surface area contributed by atoms with Crippen LogP contribution in [0.1, 0.15) is 59.4 Å². The largest absolute Gasteiger partial charge is 0.399 e. The van der Waals surface area contributed by atoms with Gasteiger partial charge in [-0.1, -0.05) is 32.0 Å². The van der Waals surface area contributed by atoms with E-state index >= 15 is 0 Å².